The van der Waals surface area contributed by atoms with Gasteiger partial charge in [0.1, 0.15) is 0 Å². The van der Waals surface area contributed by atoms with E-state index in [2.05, 4.69) is 6.92 Å². The van der Waals surface area contributed by atoms with Crippen LogP contribution in [0.25, 0.3) is 0 Å². The van der Waals surface area contributed by atoms with Crippen molar-refractivity contribution in [3.8, 4) is 0 Å². The molecule has 0 aromatic carbocycles. The van der Waals surface area contributed by atoms with Crippen LogP contribution < -0.4 is 0 Å². The fraction of sp³-hybridized carbons (Fsp3) is 1.00. The van der Waals surface area contributed by atoms with Crippen LogP contribution >= 0.6 is 0 Å². The Kier molecular flexibility index (Phi) is 7.58. The van der Waals surface area contributed by atoms with Gasteiger partial charge in [0.25, 0.3) is 0 Å². The minimum Gasteiger partial charge on any atom is -0.393 e. The molecule has 1 nitrogen and oxygen atoms in total. The van der Waals surface area contributed by atoms with Gasteiger partial charge in [-0.05, 0) is 31.6 Å². The Morgan fingerprint density at radius 1 is 1.08 bits per heavy atom. The molecule has 74 valence electrons. The van der Waals surface area contributed by atoms with E-state index in [0.29, 0.717) is 0 Å². The average Bonchev–Trinajstić information content (AvgIpc) is 2.13. The highest BCUT2D eigenvalue weighted by atomic mass is 16.3. The van der Waals surface area contributed by atoms with Gasteiger partial charge in [-0.25, -0.2) is 0 Å². The van der Waals surface area contributed by atoms with Crippen molar-refractivity contribution in [3.63, 3.8) is 0 Å². The minimum atomic E-state index is 0.0214. The van der Waals surface area contributed by atoms with Gasteiger partial charge in [0, 0.05) is 0 Å². The molecule has 0 unspecified atom stereocenters. The minimum absolute atomic E-state index is 0.0214. The summed E-state index contributed by atoms with van der Waals surface area (Å²) in [5.74, 6) is 0.924. The lowest BCUT2D eigenvalue weighted by molar-refractivity contribution is 0.106. The van der Waals surface area contributed by atoms with Gasteiger partial charge in [-0.2, -0.15) is 0 Å². The molecule has 0 heterocycles. The third-order valence-electron chi connectivity index (χ3n) is 2.51. The van der Waals surface area contributed by atoms with Crippen LogP contribution in [-0.2, 0) is 0 Å². The molecular formula is C11H24O. The van der Waals surface area contributed by atoms with Gasteiger partial charge in [0.15, 0.2) is 0 Å². The molecule has 1 aliphatic rings. The SMILES string of the molecule is CC.CCCC1CCC(O)CC1. The first-order valence-corrected chi connectivity index (χ1v) is 5.51. The van der Waals surface area contributed by atoms with Gasteiger partial charge < -0.3 is 5.11 Å². The third-order valence-corrected chi connectivity index (χ3v) is 2.51. The summed E-state index contributed by atoms with van der Waals surface area (Å²) in [5, 5.41) is 9.20. The topological polar surface area (TPSA) is 20.2 Å². The van der Waals surface area contributed by atoms with Crippen molar-refractivity contribution >= 4 is 0 Å². The van der Waals surface area contributed by atoms with Crippen LogP contribution in [0.15, 0.2) is 0 Å². The van der Waals surface area contributed by atoms with Crippen molar-refractivity contribution < 1.29 is 5.11 Å². The monoisotopic (exact) mass is 172 g/mol. The van der Waals surface area contributed by atoms with E-state index in [1.165, 1.54) is 25.7 Å². The van der Waals surface area contributed by atoms with Crippen molar-refractivity contribution in [3.05, 3.63) is 0 Å². The van der Waals surface area contributed by atoms with E-state index in [1.54, 1.807) is 0 Å². The molecule has 1 rings (SSSR count). The van der Waals surface area contributed by atoms with Crippen LogP contribution in [0.3, 0.4) is 0 Å². The molecule has 1 saturated carbocycles. The van der Waals surface area contributed by atoms with Gasteiger partial charge in [-0.3, -0.25) is 0 Å². The van der Waals surface area contributed by atoms with E-state index in [9.17, 15) is 5.11 Å². The van der Waals surface area contributed by atoms with Crippen LogP contribution in [0.1, 0.15) is 59.3 Å². The Labute approximate surface area is 77.2 Å². The molecule has 1 N–H and O–H groups in total. The average molecular weight is 172 g/mol. The summed E-state index contributed by atoms with van der Waals surface area (Å²) in [4.78, 5) is 0. The summed E-state index contributed by atoms with van der Waals surface area (Å²) in [7, 11) is 0. The summed E-state index contributed by atoms with van der Waals surface area (Å²) < 4.78 is 0. The zero-order valence-electron chi connectivity index (χ0n) is 8.84. The largest absolute Gasteiger partial charge is 0.393 e. The quantitative estimate of drug-likeness (QED) is 0.677. The van der Waals surface area contributed by atoms with E-state index in [4.69, 9.17) is 0 Å². The molecular weight excluding hydrogens is 148 g/mol. The highest BCUT2D eigenvalue weighted by Crippen LogP contribution is 2.27. The zero-order chi connectivity index (χ0) is 9.40. The van der Waals surface area contributed by atoms with Crippen LogP contribution in [-0.4, -0.2) is 11.2 Å². The van der Waals surface area contributed by atoms with E-state index in [0.717, 1.165) is 18.8 Å². The Morgan fingerprint density at radius 2 is 1.58 bits per heavy atom. The highest BCUT2D eigenvalue weighted by Gasteiger charge is 2.17. The zero-order valence-corrected chi connectivity index (χ0v) is 8.84. The maximum atomic E-state index is 9.20. The highest BCUT2D eigenvalue weighted by molar-refractivity contribution is 4.70. The van der Waals surface area contributed by atoms with Crippen LogP contribution in [0.2, 0.25) is 0 Å². The van der Waals surface area contributed by atoms with Crippen LogP contribution in [0.4, 0.5) is 0 Å². The lowest BCUT2D eigenvalue weighted by Gasteiger charge is -2.24. The van der Waals surface area contributed by atoms with Gasteiger partial charge >= 0.3 is 0 Å². The predicted molar refractivity (Wildman–Crippen MR) is 54.2 cm³/mol. The Hall–Kier alpha value is -0.0400. The molecule has 0 aromatic heterocycles. The Morgan fingerprint density at radius 3 is 2.00 bits per heavy atom. The second-order valence-corrected chi connectivity index (χ2v) is 3.46. The van der Waals surface area contributed by atoms with Crippen molar-refractivity contribution in [2.75, 3.05) is 0 Å². The summed E-state index contributed by atoms with van der Waals surface area (Å²) in [6, 6.07) is 0. The van der Waals surface area contributed by atoms with Crippen molar-refractivity contribution in [1.29, 1.82) is 0 Å². The molecule has 0 atom stereocenters. The second kappa shape index (κ2) is 7.60. The molecule has 1 aliphatic carbocycles. The number of hydrogen-bond acceptors (Lipinski definition) is 1. The molecule has 0 amide bonds. The first-order valence-electron chi connectivity index (χ1n) is 5.51. The third kappa shape index (κ3) is 4.76. The predicted octanol–water partition coefficient (Wildman–Crippen LogP) is 3.36. The summed E-state index contributed by atoms with van der Waals surface area (Å²) in [5.41, 5.74) is 0. The fourth-order valence-corrected chi connectivity index (χ4v) is 1.84. The van der Waals surface area contributed by atoms with Gasteiger partial charge in [0.05, 0.1) is 6.10 Å². The van der Waals surface area contributed by atoms with E-state index >= 15 is 0 Å². The molecule has 0 radical (unpaired) electrons. The summed E-state index contributed by atoms with van der Waals surface area (Å²) in [6.07, 6.45) is 7.31. The molecule has 0 aliphatic heterocycles. The number of hydrogen-bond donors (Lipinski definition) is 1. The number of aliphatic hydroxyl groups excluding tert-OH is 1. The van der Waals surface area contributed by atoms with Crippen molar-refractivity contribution in [2.24, 2.45) is 5.92 Å². The Bertz CT molecular complexity index is 83.0. The normalized spacial score (nSPS) is 29.0. The molecule has 0 bridgehead atoms. The van der Waals surface area contributed by atoms with E-state index in [1.807, 2.05) is 13.8 Å². The molecule has 12 heavy (non-hydrogen) atoms. The lowest BCUT2D eigenvalue weighted by Crippen LogP contribution is -2.17. The van der Waals surface area contributed by atoms with Gasteiger partial charge in [0.2, 0.25) is 0 Å². The smallest absolute Gasteiger partial charge is 0.0540 e. The molecule has 0 spiro atoms. The van der Waals surface area contributed by atoms with Crippen molar-refractivity contribution in [2.45, 2.75) is 65.4 Å². The number of aliphatic hydroxyl groups is 1. The molecule has 0 saturated heterocycles. The van der Waals surface area contributed by atoms with E-state index in [-0.39, 0.29) is 6.10 Å². The molecule has 1 fully saturated rings. The number of rotatable bonds is 2. The first kappa shape index (κ1) is 12.0. The standard InChI is InChI=1S/C9H18O.C2H6/c1-2-3-8-4-6-9(10)7-5-8;1-2/h8-10H,2-7H2,1H3;1-2H3. The van der Waals surface area contributed by atoms with Crippen molar-refractivity contribution in [1.82, 2.24) is 0 Å². The maximum absolute atomic E-state index is 9.20. The molecule has 0 aromatic rings. The van der Waals surface area contributed by atoms with Gasteiger partial charge in [-0.1, -0.05) is 33.6 Å². The lowest BCUT2D eigenvalue weighted by atomic mass is 9.85. The first-order chi connectivity index (χ1) is 5.83. The maximum Gasteiger partial charge on any atom is 0.0540 e. The summed E-state index contributed by atoms with van der Waals surface area (Å²) >= 11 is 0. The van der Waals surface area contributed by atoms with Crippen LogP contribution in [0.5, 0.6) is 0 Å². The van der Waals surface area contributed by atoms with Gasteiger partial charge in [-0.15, -0.1) is 0 Å². The Balaban J connectivity index is 0.000000561. The molecule has 1 heteroatoms. The fourth-order valence-electron chi connectivity index (χ4n) is 1.84. The van der Waals surface area contributed by atoms with E-state index < -0.39 is 0 Å². The summed E-state index contributed by atoms with van der Waals surface area (Å²) in [6.45, 7) is 6.24. The second-order valence-electron chi connectivity index (χ2n) is 3.46. The van der Waals surface area contributed by atoms with Crippen LogP contribution in [0, 0.1) is 5.92 Å².